The number of hydrogen-bond acceptors (Lipinski definition) is 6. The number of hydrogen-bond donors (Lipinski definition) is 1. The van der Waals surface area contributed by atoms with Crippen LogP contribution in [0.5, 0.6) is 17.2 Å². The summed E-state index contributed by atoms with van der Waals surface area (Å²) in [7, 11) is 0. The van der Waals surface area contributed by atoms with Crippen LogP contribution in [0.4, 0.5) is 0 Å². The van der Waals surface area contributed by atoms with Crippen molar-refractivity contribution in [3.05, 3.63) is 114 Å². The Kier molecular flexibility index (Phi) is 8.02. The van der Waals surface area contributed by atoms with Crippen LogP contribution < -0.4 is 19.6 Å². The molecule has 1 unspecified atom stereocenters. The number of nitrogens with zero attached hydrogens (tertiary/aromatic N) is 1. The van der Waals surface area contributed by atoms with E-state index in [1.165, 1.54) is 6.21 Å². The predicted octanol–water partition coefficient (Wildman–Crippen LogP) is 6.53. The molecule has 5 aromatic rings. The van der Waals surface area contributed by atoms with Crippen molar-refractivity contribution in [1.29, 1.82) is 0 Å². The minimum absolute atomic E-state index is 0.315. The maximum absolute atomic E-state index is 12.9. The fourth-order valence-electron chi connectivity index (χ4n) is 4.30. The minimum atomic E-state index is -0.799. The summed E-state index contributed by atoms with van der Waals surface area (Å²) in [6.45, 7) is 4.09. The van der Waals surface area contributed by atoms with Gasteiger partial charge in [-0.05, 0) is 66.4 Å². The average molecular weight is 533 g/mol. The molecular weight excluding hydrogens is 504 g/mol. The topological polar surface area (TPSA) is 86.2 Å². The van der Waals surface area contributed by atoms with E-state index in [-0.39, 0.29) is 0 Å². The van der Waals surface area contributed by atoms with Crippen molar-refractivity contribution in [2.75, 3.05) is 6.61 Å². The van der Waals surface area contributed by atoms with Crippen LogP contribution in [-0.2, 0) is 4.79 Å². The number of amides is 1. The third-order valence-electron chi connectivity index (χ3n) is 6.33. The first-order valence-electron chi connectivity index (χ1n) is 13.0. The van der Waals surface area contributed by atoms with Gasteiger partial charge in [-0.15, -0.1) is 0 Å². The zero-order valence-electron chi connectivity index (χ0n) is 22.2. The minimum Gasteiger partial charge on any atom is -0.494 e. The lowest BCUT2D eigenvalue weighted by atomic mass is 10.0. The van der Waals surface area contributed by atoms with E-state index in [0.29, 0.717) is 35.0 Å². The van der Waals surface area contributed by atoms with E-state index in [1.54, 1.807) is 37.3 Å². The Labute approximate surface area is 232 Å². The lowest BCUT2D eigenvalue weighted by Crippen LogP contribution is -2.33. The standard InChI is InChI=1S/C33H28N2O5/c1-3-38-26-18-15-25(16-19-26)33(37)40-31-20-17-24-10-4-6-12-27(24)29(31)21-34-35-32(36)22(2)39-30-14-8-11-23-9-5-7-13-28(23)30/h4-22H,3H2,1-2H3,(H,35,36). The molecular formula is C33H28N2O5. The highest BCUT2D eigenvalue weighted by Gasteiger charge is 2.17. The Morgan fingerprint density at radius 2 is 1.48 bits per heavy atom. The van der Waals surface area contributed by atoms with Crippen molar-refractivity contribution in [3.8, 4) is 17.2 Å². The van der Waals surface area contributed by atoms with Gasteiger partial charge in [-0.2, -0.15) is 5.10 Å². The molecule has 0 aliphatic rings. The SMILES string of the molecule is CCOc1ccc(C(=O)Oc2ccc3ccccc3c2C=NNC(=O)C(C)Oc2cccc3ccccc23)cc1. The summed E-state index contributed by atoms with van der Waals surface area (Å²) in [6.07, 6.45) is 0.679. The molecule has 200 valence electrons. The van der Waals surface area contributed by atoms with Gasteiger partial charge in [0.25, 0.3) is 5.91 Å². The first-order chi connectivity index (χ1) is 19.5. The van der Waals surface area contributed by atoms with E-state index in [4.69, 9.17) is 14.2 Å². The maximum Gasteiger partial charge on any atom is 0.343 e. The maximum atomic E-state index is 12.9. The van der Waals surface area contributed by atoms with Gasteiger partial charge in [0.15, 0.2) is 6.10 Å². The van der Waals surface area contributed by atoms with Crippen LogP contribution in [0.3, 0.4) is 0 Å². The Morgan fingerprint density at radius 1 is 0.800 bits per heavy atom. The third kappa shape index (κ3) is 5.94. The van der Waals surface area contributed by atoms with Crippen LogP contribution in [0, 0.1) is 0 Å². The van der Waals surface area contributed by atoms with E-state index in [1.807, 2.05) is 79.7 Å². The molecule has 0 spiro atoms. The fourth-order valence-corrected chi connectivity index (χ4v) is 4.30. The summed E-state index contributed by atoms with van der Waals surface area (Å²) in [5.74, 6) is 0.663. The van der Waals surface area contributed by atoms with Gasteiger partial charge in [-0.3, -0.25) is 4.79 Å². The van der Waals surface area contributed by atoms with E-state index >= 15 is 0 Å². The monoisotopic (exact) mass is 532 g/mol. The van der Waals surface area contributed by atoms with E-state index in [9.17, 15) is 9.59 Å². The smallest absolute Gasteiger partial charge is 0.343 e. The molecule has 0 fully saturated rings. The summed E-state index contributed by atoms with van der Waals surface area (Å²) >= 11 is 0. The van der Waals surface area contributed by atoms with Gasteiger partial charge < -0.3 is 14.2 Å². The van der Waals surface area contributed by atoms with Gasteiger partial charge in [0, 0.05) is 10.9 Å². The predicted molar refractivity (Wildman–Crippen MR) is 156 cm³/mol. The largest absolute Gasteiger partial charge is 0.494 e. The van der Waals surface area contributed by atoms with Gasteiger partial charge in [-0.25, -0.2) is 10.2 Å². The Hall–Kier alpha value is -5.17. The van der Waals surface area contributed by atoms with Crippen molar-refractivity contribution in [3.63, 3.8) is 0 Å². The first-order valence-corrected chi connectivity index (χ1v) is 13.0. The molecule has 0 aromatic heterocycles. The zero-order valence-corrected chi connectivity index (χ0v) is 22.2. The molecule has 1 amide bonds. The van der Waals surface area contributed by atoms with Gasteiger partial charge in [0.2, 0.25) is 0 Å². The van der Waals surface area contributed by atoms with Gasteiger partial charge in [0.05, 0.1) is 18.4 Å². The fraction of sp³-hybridized carbons (Fsp3) is 0.121. The number of esters is 1. The first kappa shape index (κ1) is 26.4. The second-order valence-electron chi connectivity index (χ2n) is 9.02. The van der Waals surface area contributed by atoms with Crippen LogP contribution in [0.25, 0.3) is 21.5 Å². The summed E-state index contributed by atoms with van der Waals surface area (Å²) in [5, 5.41) is 7.87. The highest BCUT2D eigenvalue weighted by molar-refractivity contribution is 6.04. The van der Waals surface area contributed by atoms with Gasteiger partial charge in [0.1, 0.15) is 17.2 Å². The molecule has 1 N–H and O–H groups in total. The van der Waals surface area contributed by atoms with Crippen LogP contribution in [-0.4, -0.2) is 30.8 Å². The average Bonchev–Trinajstić information content (AvgIpc) is 2.98. The summed E-state index contributed by atoms with van der Waals surface area (Å²) < 4.78 is 17.1. The number of ether oxygens (including phenoxy) is 3. The molecule has 0 radical (unpaired) electrons. The van der Waals surface area contributed by atoms with Gasteiger partial charge in [-0.1, -0.05) is 66.7 Å². The van der Waals surface area contributed by atoms with Gasteiger partial charge >= 0.3 is 5.97 Å². The Balaban J connectivity index is 1.33. The van der Waals surface area contributed by atoms with Crippen LogP contribution >= 0.6 is 0 Å². The molecule has 5 aromatic carbocycles. The number of hydrazone groups is 1. The van der Waals surface area contributed by atoms with E-state index in [0.717, 1.165) is 21.5 Å². The molecule has 0 aliphatic carbocycles. The summed E-state index contributed by atoms with van der Waals surface area (Å²) in [4.78, 5) is 25.7. The molecule has 1 atom stereocenters. The highest BCUT2D eigenvalue weighted by atomic mass is 16.5. The molecule has 7 heteroatoms. The van der Waals surface area contributed by atoms with Crippen LogP contribution in [0.1, 0.15) is 29.8 Å². The van der Waals surface area contributed by atoms with E-state index in [2.05, 4.69) is 10.5 Å². The number of carbonyl (C=O) groups excluding carboxylic acids is 2. The van der Waals surface area contributed by atoms with Crippen molar-refractivity contribution < 1.29 is 23.8 Å². The normalized spacial score (nSPS) is 11.8. The molecule has 40 heavy (non-hydrogen) atoms. The van der Waals surface area contributed by atoms with Crippen LogP contribution in [0.2, 0.25) is 0 Å². The summed E-state index contributed by atoms with van der Waals surface area (Å²) in [5.41, 5.74) is 3.48. The van der Waals surface area contributed by atoms with Crippen LogP contribution in [0.15, 0.2) is 108 Å². The quantitative estimate of drug-likeness (QED) is 0.101. The Morgan fingerprint density at radius 3 is 2.23 bits per heavy atom. The lowest BCUT2D eigenvalue weighted by molar-refractivity contribution is -0.127. The number of fused-ring (bicyclic) bond motifs is 2. The van der Waals surface area contributed by atoms with Crippen molar-refractivity contribution in [1.82, 2.24) is 5.43 Å². The molecule has 0 heterocycles. The highest BCUT2D eigenvalue weighted by Crippen LogP contribution is 2.28. The molecule has 0 saturated carbocycles. The molecule has 7 nitrogen and oxygen atoms in total. The number of carbonyl (C=O) groups is 2. The second-order valence-corrected chi connectivity index (χ2v) is 9.02. The third-order valence-corrected chi connectivity index (χ3v) is 6.33. The Bertz CT molecular complexity index is 1690. The zero-order chi connectivity index (χ0) is 27.9. The lowest BCUT2D eigenvalue weighted by Gasteiger charge is -2.15. The number of nitrogens with one attached hydrogen (secondary N) is 1. The molecule has 0 bridgehead atoms. The molecule has 0 saturated heterocycles. The molecule has 0 aliphatic heterocycles. The number of benzene rings is 5. The number of rotatable bonds is 9. The molecule has 5 rings (SSSR count). The van der Waals surface area contributed by atoms with Crippen molar-refractivity contribution in [2.24, 2.45) is 5.10 Å². The van der Waals surface area contributed by atoms with E-state index < -0.39 is 18.0 Å². The van der Waals surface area contributed by atoms with Crippen molar-refractivity contribution in [2.45, 2.75) is 20.0 Å². The summed E-state index contributed by atoms with van der Waals surface area (Å²) in [6, 6.07) is 31.5. The van der Waals surface area contributed by atoms with Crippen molar-refractivity contribution >= 4 is 39.6 Å². The second kappa shape index (κ2) is 12.1.